The van der Waals surface area contributed by atoms with Crippen LogP contribution in [0.1, 0.15) is 0 Å². The molecule has 0 fully saturated rings. The van der Waals surface area contributed by atoms with Gasteiger partial charge in [0.15, 0.2) is 8.07 Å². The molecule has 0 spiro atoms. The molecular weight excluding hydrogens is 320 g/mol. The first-order valence-corrected chi connectivity index (χ1v) is 10.3. The number of hydrogen-bond donors (Lipinski definition) is 0. The molecule has 4 aromatic rings. The van der Waals surface area contributed by atoms with Crippen molar-refractivity contribution in [2.75, 3.05) is 0 Å². The second-order valence-electron chi connectivity index (χ2n) is 5.97. The predicted octanol–water partition coefficient (Wildman–Crippen LogP) is 1.85. The van der Waals surface area contributed by atoms with Crippen molar-refractivity contribution in [2.24, 2.45) is 0 Å². The highest BCUT2D eigenvalue weighted by molar-refractivity contribution is 7.19. The van der Waals surface area contributed by atoms with E-state index in [1.165, 1.54) is 20.7 Å². The molecule has 25 heavy (non-hydrogen) atoms. The van der Waals surface area contributed by atoms with Crippen LogP contribution in [-0.2, 0) is 0 Å². The molecule has 0 aliphatic carbocycles. The molecule has 2 aromatic carbocycles. The van der Waals surface area contributed by atoms with Crippen molar-refractivity contribution < 1.29 is 0 Å². The Balaban J connectivity index is 2.13. The molecule has 0 saturated heterocycles. The fraction of sp³-hybridized carbons (Fsp3) is 0. The SMILES string of the molecule is c1ccc([Si](c2ccccc2)(c2cccnc2)c2cccnc2)cc1. The van der Waals surface area contributed by atoms with Crippen molar-refractivity contribution in [1.82, 2.24) is 9.97 Å². The molecular formula is C22H18N2Si. The van der Waals surface area contributed by atoms with Crippen molar-refractivity contribution >= 4 is 28.8 Å². The van der Waals surface area contributed by atoms with Gasteiger partial charge in [0, 0.05) is 24.8 Å². The molecule has 0 amide bonds. The topological polar surface area (TPSA) is 25.8 Å². The van der Waals surface area contributed by atoms with Crippen LogP contribution in [0, 0.1) is 0 Å². The third-order valence-electron chi connectivity index (χ3n) is 4.60. The molecule has 0 bridgehead atoms. The molecule has 0 N–H and O–H groups in total. The molecule has 0 unspecified atom stereocenters. The number of benzene rings is 2. The van der Waals surface area contributed by atoms with E-state index in [2.05, 4.69) is 82.8 Å². The number of pyridine rings is 2. The van der Waals surface area contributed by atoms with E-state index >= 15 is 0 Å². The van der Waals surface area contributed by atoms with E-state index in [0.717, 1.165) is 0 Å². The molecule has 0 radical (unpaired) electrons. The number of nitrogens with zero attached hydrogens (tertiary/aromatic N) is 2. The molecule has 0 aliphatic heterocycles. The van der Waals surface area contributed by atoms with Crippen LogP contribution < -0.4 is 20.7 Å². The monoisotopic (exact) mass is 338 g/mol. The van der Waals surface area contributed by atoms with Crippen molar-refractivity contribution in [3.05, 3.63) is 110 Å². The first-order chi connectivity index (χ1) is 12.4. The molecule has 0 saturated carbocycles. The first kappa shape index (κ1) is 15.5. The van der Waals surface area contributed by atoms with Crippen LogP contribution in [0.15, 0.2) is 110 Å². The third kappa shape index (κ3) is 2.69. The van der Waals surface area contributed by atoms with Gasteiger partial charge >= 0.3 is 0 Å². The molecule has 4 rings (SSSR count). The highest BCUT2D eigenvalue weighted by Gasteiger charge is 2.41. The second-order valence-corrected chi connectivity index (χ2v) is 9.77. The lowest BCUT2D eigenvalue weighted by Gasteiger charge is -2.33. The summed E-state index contributed by atoms with van der Waals surface area (Å²) in [7, 11) is -2.42. The summed E-state index contributed by atoms with van der Waals surface area (Å²) in [6, 6.07) is 30.0. The molecule has 2 nitrogen and oxygen atoms in total. The minimum Gasteiger partial charge on any atom is -0.265 e. The van der Waals surface area contributed by atoms with E-state index in [4.69, 9.17) is 0 Å². The molecule has 0 atom stereocenters. The zero-order valence-corrected chi connectivity index (χ0v) is 14.8. The maximum absolute atomic E-state index is 4.44. The van der Waals surface area contributed by atoms with E-state index in [9.17, 15) is 0 Å². The normalized spacial score (nSPS) is 11.2. The van der Waals surface area contributed by atoms with Gasteiger partial charge in [-0.15, -0.1) is 0 Å². The van der Waals surface area contributed by atoms with Gasteiger partial charge in [0.05, 0.1) is 0 Å². The van der Waals surface area contributed by atoms with Crippen LogP contribution in [-0.4, -0.2) is 18.0 Å². The van der Waals surface area contributed by atoms with Crippen LogP contribution in [0.4, 0.5) is 0 Å². The van der Waals surface area contributed by atoms with Gasteiger partial charge in [0.25, 0.3) is 0 Å². The van der Waals surface area contributed by atoms with Crippen molar-refractivity contribution in [3.63, 3.8) is 0 Å². The van der Waals surface area contributed by atoms with Crippen LogP contribution in [0.3, 0.4) is 0 Å². The molecule has 2 heterocycles. The van der Waals surface area contributed by atoms with Gasteiger partial charge in [0.2, 0.25) is 0 Å². The summed E-state index contributed by atoms with van der Waals surface area (Å²) in [6.07, 6.45) is 7.70. The lowest BCUT2D eigenvalue weighted by molar-refractivity contribution is 1.34. The molecule has 3 heteroatoms. The van der Waals surface area contributed by atoms with E-state index in [-0.39, 0.29) is 0 Å². The summed E-state index contributed by atoms with van der Waals surface area (Å²) in [4.78, 5) is 8.88. The summed E-state index contributed by atoms with van der Waals surface area (Å²) in [5, 5.41) is 5.20. The van der Waals surface area contributed by atoms with Crippen LogP contribution in [0.25, 0.3) is 0 Å². The maximum atomic E-state index is 4.44. The van der Waals surface area contributed by atoms with Gasteiger partial charge in [0.1, 0.15) is 0 Å². The molecule has 0 aliphatic rings. The summed E-state index contributed by atoms with van der Waals surface area (Å²) in [5.74, 6) is 0. The average molecular weight is 338 g/mol. The molecule has 120 valence electrons. The predicted molar refractivity (Wildman–Crippen MR) is 106 cm³/mol. The van der Waals surface area contributed by atoms with Crippen molar-refractivity contribution in [3.8, 4) is 0 Å². The van der Waals surface area contributed by atoms with Crippen LogP contribution in [0.5, 0.6) is 0 Å². The van der Waals surface area contributed by atoms with E-state index in [1.807, 2.05) is 36.9 Å². The lowest BCUT2D eigenvalue weighted by atomic mass is 10.4. The fourth-order valence-corrected chi connectivity index (χ4v) is 8.16. The van der Waals surface area contributed by atoms with Gasteiger partial charge < -0.3 is 0 Å². The summed E-state index contributed by atoms with van der Waals surface area (Å²) >= 11 is 0. The van der Waals surface area contributed by atoms with Crippen molar-refractivity contribution in [2.45, 2.75) is 0 Å². The number of rotatable bonds is 4. The first-order valence-electron chi connectivity index (χ1n) is 8.34. The average Bonchev–Trinajstić information content (AvgIpc) is 2.72. The smallest absolute Gasteiger partial charge is 0.182 e. The van der Waals surface area contributed by atoms with E-state index < -0.39 is 8.07 Å². The second kappa shape index (κ2) is 6.83. The Morgan fingerprint density at radius 3 is 1.20 bits per heavy atom. The van der Waals surface area contributed by atoms with Crippen LogP contribution >= 0.6 is 0 Å². The van der Waals surface area contributed by atoms with E-state index in [1.54, 1.807) is 0 Å². The van der Waals surface area contributed by atoms with Gasteiger partial charge in [-0.2, -0.15) is 0 Å². The fourth-order valence-electron chi connectivity index (χ4n) is 3.55. The Labute approximate surface area is 148 Å². The Morgan fingerprint density at radius 1 is 0.440 bits per heavy atom. The summed E-state index contributed by atoms with van der Waals surface area (Å²) < 4.78 is 0. The quantitative estimate of drug-likeness (QED) is 0.531. The van der Waals surface area contributed by atoms with Gasteiger partial charge in [-0.1, -0.05) is 72.8 Å². The Morgan fingerprint density at radius 2 is 0.840 bits per heavy atom. The Bertz CT molecular complexity index is 763. The summed E-state index contributed by atoms with van der Waals surface area (Å²) in [5.41, 5.74) is 0. The van der Waals surface area contributed by atoms with E-state index in [0.29, 0.717) is 0 Å². The van der Waals surface area contributed by atoms with Gasteiger partial charge in [-0.25, -0.2) is 0 Å². The number of aromatic nitrogens is 2. The Hall–Kier alpha value is -3.04. The maximum Gasteiger partial charge on any atom is 0.182 e. The zero-order chi connectivity index (χ0) is 17.0. The van der Waals surface area contributed by atoms with Crippen molar-refractivity contribution in [1.29, 1.82) is 0 Å². The Kier molecular flexibility index (Phi) is 4.23. The number of hydrogen-bond acceptors (Lipinski definition) is 2. The molecule has 2 aromatic heterocycles. The largest absolute Gasteiger partial charge is 0.265 e. The van der Waals surface area contributed by atoms with Crippen LogP contribution in [0.2, 0.25) is 0 Å². The highest BCUT2D eigenvalue weighted by atomic mass is 28.3. The lowest BCUT2D eigenvalue weighted by Crippen LogP contribution is -2.74. The zero-order valence-electron chi connectivity index (χ0n) is 13.8. The van der Waals surface area contributed by atoms with Gasteiger partial charge in [-0.05, 0) is 32.9 Å². The van der Waals surface area contributed by atoms with Gasteiger partial charge in [-0.3, -0.25) is 9.97 Å². The third-order valence-corrected chi connectivity index (χ3v) is 9.33. The summed E-state index contributed by atoms with van der Waals surface area (Å²) in [6.45, 7) is 0. The highest BCUT2D eigenvalue weighted by Crippen LogP contribution is 2.07. The standard InChI is InChI=1S/C22H18N2Si/c1-3-9-19(10-4-1)25(20-11-5-2-6-12-20,21-13-7-15-23-17-21)22-14-8-16-24-18-22/h1-18H. The minimum absolute atomic E-state index is 1.26. The minimum atomic E-state index is -2.42.